The van der Waals surface area contributed by atoms with Crippen LogP contribution in [0, 0.1) is 0 Å². The van der Waals surface area contributed by atoms with Crippen molar-refractivity contribution in [2.45, 2.75) is 13.3 Å². The summed E-state index contributed by atoms with van der Waals surface area (Å²) in [6.45, 7) is 2.12. The summed E-state index contributed by atoms with van der Waals surface area (Å²) in [4.78, 5) is 10.8. The van der Waals surface area contributed by atoms with E-state index in [1.807, 2.05) is 48.7 Å². The lowest BCUT2D eigenvalue weighted by atomic mass is 10.1. The number of aromatic nitrogens is 2. The molecule has 0 radical (unpaired) electrons. The van der Waals surface area contributed by atoms with E-state index >= 15 is 0 Å². The number of aryl methyl sites for hydroxylation is 1. The highest BCUT2D eigenvalue weighted by atomic mass is 16.2. The standard InChI is InChI=1S/C19H19N5O/c1-2-14-8-10-15(11-9-14)18-16(12-21-22-19(20)25)13-24(23-18)17-6-4-3-5-7-17/h3-13H,2H2,1H3,(H3,20,22,25). The third-order valence-corrected chi connectivity index (χ3v) is 3.78. The molecule has 2 aromatic carbocycles. The summed E-state index contributed by atoms with van der Waals surface area (Å²) in [6, 6.07) is 17.3. The Labute approximate surface area is 146 Å². The van der Waals surface area contributed by atoms with Crippen LogP contribution in [0.25, 0.3) is 16.9 Å². The van der Waals surface area contributed by atoms with Gasteiger partial charge in [-0.15, -0.1) is 0 Å². The van der Waals surface area contributed by atoms with Gasteiger partial charge < -0.3 is 5.73 Å². The van der Waals surface area contributed by atoms with Crippen molar-refractivity contribution in [2.75, 3.05) is 0 Å². The zero-order valence-corrected chi connectivity index (χ0v) is 13.9. The van der Waals surface area contributed by atoms with Crippen LogP contribution in [-0.4, -0.2) is 22.0 Å². The number of primary amides is 1. The summed E-state index contributed by atoms with van der Waals surface area (Å²) >= 11 is 0. The predicted octanol–water partition coefficient (Wildman–Crippen LogP) is 3.10. The Morgan fingerprint density at radius 3 is 2.56 bits per heavy atom. The molecular weight excluding hydrogens is 314 g/mol. The van der Waals surface area contributed by atoms with Crippen molar-refractivity contribution in [1.29, 1.82) is 0 Å². The molecule has 0 aliphatic carbocycles. The van der Waals surface area contributed by atoms with Crippen LogP contribution in [0.15, 0.2) is 65.9 Å². The molecule has 0 saturated carbocycles. The second-order valence-corrected chi connectivity index (χ2v) is 5.50. The molecule has 1 heterocycles. The van der Waals surface area contributed by atoms with E-state index < -0.39 is 6.03 Å². The molecule has 6 heteroatoms. The van der Waals surface area contributed by atoms with Crippen LogP contribution in [0.2, 0.25) is 0 Å². The maximum atomic E-state index is 10.8. The molecule has 25 heavy (non-hydrogen) atoms. The molecule has 126 valence electrons. The highest BCUT2D eigenvalue weighted by Crippen LogP contribution is 2.23. The van der Waals surface area contributed by atoms with Crippen molar-refractivity contribution in [1.82, 2.24) is 15.2 Å². The van der Waals surface area contributed by atoms with Crippen LogP contribution in [0.3, 0.4) is 0 Å². The average molecular weight is 333 g/mol. The summed E-state index contributed by atoms with van der Waals surface area (Å²) in [7, 11) is 0. The summed E-state index contributed by atoms with van der Waals surface area (Å²) < 4.78 is 1.79. The van der Waals surface area contributed by atoms with E-state index in [0.29, 0.717) is 0 Å². The number of carbonyl (C=O) groups is 1. The number of urea groups is 1. The van der Waals surface area contributed by atoms with Gasteiger partial charge in [0.05, 0.1) is 11.9 Å². The third-order valence-electron chi connectivity index (χ3n) is 3.78. The van der Waals surface area contributed by atoms with Gasteiger partial charge in [0.2, 0.25) is 0 Å². The number of nitrogens with two attached hydrogens (primary N) is 1. The van der Waals surface area contributed by atoms with Gasteiger partial charge in [0.15, 0.2) is 0 Å². The zero-order valence-electron chi connectivity index (χ0n) is 13.9. The number of benzene rings is 2. The minimum atomic E-state index is -0.708. The highest BCUT2D eigenvalue weighted by molar-refractivity contribution is 5.89. The van der Waals surface area contributed by atoms with Crippen molar-refractivity contribution in [3.63, 3.8) is 0 Å². The lowest BCUT2D eigenvalue weighted by Crippen LogP contribution is -2.24. The quantitative estimate of drug-likeness (QED) is 0.555. The van der Waals surface area contributed by atoms with Gasteiger partial charge in [-0.3, -0.25) is 0 Å². The van der Waals surface area contributed by atoms with Gasteiger partial charge in [0.25, 0.3) is 0 Å². The maximum Gasteiger partial charge on any atom is 0.332 e. The monoisotopic (exact) mass is 333 g/mol. The first kappa shape index (κ1) is 16.4. The highest BCUT2D eigenvalue weighted by Gasteiger charge is 2.11. The van der Waals surface area contributed by atoms with Crippen LogP contribution in [-0.2, 0) is 6.42 Å². The number of hydrogen-bond donors (Lipinski definition) is 2. The van der Waals surface area contributed by atoms with Crippen molar-refractivity contribution >= 4 is 12.2 Å². The number of hydrazone groups is 1. The fourth-order valence-electron chi connectivity index (χ4n) is 2.48. The number of hydrogen-bond acceptors (Lipinski definition) is 3. The molecule has 0 unspecified atom stereocenters. The Morgan fingerprint density at radius 1 is 1.20 bits per heavy atom. The Balaban J connectivity index is 2.02. The molecule has 0 bridgehead atoms. The topological polar surface area (TPSA) is 85.3 Å². The third kappa shape index (κ3) is 3.92. The molecule has 3 aromatic rings. The number of nitrogens with one attached hydrogen (secondary N) is 1. The van der Waals surface area contributed by atoms with Crippen molar-refractivity contribution in [2.24, 2.45) is 10.8 Å². The first-order chi connectivity index (χ1) is 12.2. The molecular formula is C19H19N5O. The average Bonchev–Trinajstić information content (AvgIpc) is 3.06. The molecule has 0 fully saturated rings. The Hall–Kier alpha value is -3.41. The largest absolute Gasteiger partial charge is 0.350 e. The molecule has 3 rings (SSSR count). The molecule has 3 N–H and O–H groups in total. The second kappa shape index (κ2) is 7.44. The van der Waals surface area contributed by atoms with Gasteiger partial charge in [-0.05, 0) is 24.1 Å². The van der Waals surface area contributed by atoms with E-state index in [9.17, 15) is 4.79 Å². The number of nitrogens with zero attached hydrogens (tertiary/aromatic N) is 3. The molecule has 6 nitrogen and oxygen atoms in total. The van der Waals surface area contributed by atoms with Crippen molar-refractivity contribution in [3.05, 3.63) is 71.9 Å². The van der Waals surface area contributed by atoms with Gasteiger partial charge in [-0.2, -0.15) is 10.2 Å². The van der Waals surface area contributed by atoms with Crippen molar-refractivity contribution < 1.29 is 4.79 Å². The second-order valence-electron chi connectivity index (χ2n) is 5.50. The predicted molar refractivity (Wildman–Crippen MR) is 98.7 cm³/mol. The lowest BCUT2D eigenvalue weighted by molar-refractivity contribution is 0.249. The SMILES string of the molecule is CCc1ccc(-c2nn(-c3ccccc3)cc2C=NNC(N)=O)cc1. The molecule has 0 spiro atoms. The smallest absolute Gasteiger partial charge is 0.332 e. The molecule has 0 saturated heterocycles. The fraction of sp³-hybridized carbons (Fsp3) is 0.105. The summed E-state index contributed by atoms with van der Waals surface area (Å²) in [6.07, 6.45) is 4.39. The molecule has 0 aliphatic rings. The minimum absolute atomic E-state index is 0.708. The Kier molecular flexibility index (Phi) is 4.89. The van der Waals surface area contributed by atoms with Crippen LogP contribution in [0.1, 0.15) is 18.1 Å². The first-order valence-electron chi connectivity index (χ1n) is 8.00. The molecule has 0 atom stereocenters. The van der Waals surface area contributed by atoms with Gasteiger partial charge >= 0.3 is 6.03 Å². The molecule has 0 aliphatic heterocycles. The minimum Gasteiger partial charge on any atom is -0.350 e. The molecule has 1 aromatic heterocycles. The Bertz CT molecular complexity index is 882. The zero-order chi connectivity index (χ0) is 17.6. The van der Waals surface area contributed by atoms with Crippen LogP contribution >= 0.6 is 0 Å². The van der Waals surface area contributed by atoms with Gasteiger partial charge in [-0.1, -0.05) is 49.4 Å². The van der Waals surface area contributed by atoms with E-state index in [0.717, 1.165) is 28.9 Å². The van der Waals surface area contributed by atoms with Crippen LogP contribution < -0.4 is 11.2 Å². The molecule has 2 amide bonds. The number of para-hydroxylation sites is 1. The number of carbonyl (C=O) groups excluding carboxylic acids is 1. The first-order valence-corrected chi connectivity index (χ1v) is 8.00. The van der Waals surface area contributed by atoms with Crippen LogP contribution in [0.5, 0.6) is 0 Å². The van der Waals surface area contributed by atoms with E-state index in [4.69, 9.17) is 5.73 Å². The normalized spacial score (nSPS) is 10.9. The van der Waals surface area contributed by atoms with E-state index in [2.05, 4.69) is 34.7 Å². The maximum absolute atomic E-state index is 10.8. The van der Waals surface area contributed by atoms with E-state index in [1.54, 1.807) is 10.9 Å². The number of rotatable bonds is 5. The number of amides is 2. The van der Waals surface area contributed by atoms with Gasteiger partial charge in [0.1, 0.15) is 5.69 Å². The van der Waals surface area contributed by atoms with E-state index in [1.165, 1.54) is 5.56 Å². The van der Waals surface area contributed by atoms with Gasteiger partial charge in [-0.25, -0.2) is 14.9 Å². The van der Waals surface area contributed by atoms with E-state index in [-0.39, 0.29) is 0 Å². The van der Waals surface area contributed by atoms with Crippen molar-refractivity contribution in [3.8, 4) is 16.9 Å². The Morgan fingerprint density at radius 2 is 1.92 bits per heavy atom. The fourth-order valence-corrected chi connectivity index (χ4v) is 2.48. The summed E-state index contributed by atoms with van der Waals surface area (Å²) in [5.41, 5.74) is 12.0. The summed E-state index contributed by atoms with van der Waals surface area (Å²) in [5, 5.41) is 8.55. The lowest BCUT2D eigenvalue weighted by Gasteiger charge is -2.02. The van der Waals surface area contributed by atoms with Gasteiger partial charge in [0, 0.05) is 17.3 Å². The van der Waals surface area contributed by atoms with Crippen LogP contribution in [0.4, 0.5) is 4.79 Å². The summed E-state index contributed by atoms with van der Waals surface area (Å²) in [5.74, 6) is 0.